The SMILES string of the molecule is Cc1nn(C)c(N2CCOCC2)c1CNC1CCc2ccccc21. The van der Waals surface area contributed by atoms with Crippen LogP contribution in [-0.2, 0) is 24.8 Å². The highest BCUT2D eigenvalue weighted by molar-refractivity contribution is 5.50. The van der Waals surface area contributed by atoms with E-state index in [0.717, 1.165) is 38.5 Å². The van der Waals surface area contributed by atoms with Crippen molar-refractivity contribution in [2.24, 2.45) is 7.05 Å². The molecule has 5 heteroatoms. The Hall–Kier alpha value is -1.85. The van der Waals surface area contributed by atoms with Gasteiger partial charge in [-0.25, -0.2) is 0 Å². The molecule has 0 radical (unpaired) electrons. The van der Waals surface area contributed by atoms with Gasteiger partial charge in [0.15, 0.2) is 0 Å². The van der Waals surface area contributed by atoms with Gasteiger partial charge in [-0.1, -0.05) is 24.3 Å². The molecule has 0 bridgehead atoms. The summed E-state index contributed by atoms with van der Waals surface area (Å²) in [4.78, 5) is 2.41. The number of benzene rings is 1. The third kappa shape index (κ3) is 2.82. The van der Waals surface area contributed by atoms with E-state index in [1.165, 1.54) is 35.3 Å². The Morgan fingerprint density at radius 1 is 1.25 bits per heavy atom. The zero-order chi connectivity index (χ0) is 16.5. The van der Waals surface area contributed by atoms with Crippen LogP contribution in [0.1, 0.15) is 34.8 Å². The second kappa shape index (κ2) is 6.57. The standard InChI is InChI=1S/C19H26N4O/c1-14-17(19(22(2)21-14)23-9-11-24-12-10-23)13-20-18-8-7-15-5-3-4-6-16(15)18/h3-6,18,20H,7-13H2,1-2H3. The average Bonchev–Trinajstić information content (AvgIpc) is 3.14. The number of ether oxygens (including phenoxy) is 1. The number of nitrogens with zero attached hydrogens (tertiary/aromatic N) is 3. The molecule has 1 atom stereocenters. The van der Waals surface area contributed by atoms with E-state index in [9.17, 15) is 0 Å². The lowest BCUT2D eigenvalue weighted by atomic mass is 10.1. The molecule has 1 fully saturated rings. The lowest BCUT2D eigenvalue weighted by molar-refractivity contribution is 0.122. The van der Waals surface area contributed by atoms with E-state index in [-0.39, 0.29) is 0 Å². The van der Waals surface area contributed by atoms with Crippen LogP contribution >= 0.6 is 0 Å². The molecule has 2 aliphatic rings. The predicted octanol–water partition coefficient (Wildman–Crippen LogP) is 2.34. The molecule has 1 aromatic heterocycles. The van der Waals surface area contributed by atoms with Gasteiger partial charge in [0.25, 0.3) is 0 Å². The van der Waals surface area contributed by atoms with E-state index in [1.807, 2.05) is 11.7 Å². The van der Waals surface area contributed by atoms with Crippen molar-refractivity contribution < 1.29 is 4.74 Å². The summed E-state index contributed by atoms with van der Waals surface area (Å²) in [7, 11) is 2.05. The summed E-state index contributed by atoms with van der Waals surface area (Å²) in [6.45, 7) is 6.46. The third-order valence-electron chi connectivity index (χ3n) is 5.28. The molecule has 1 unspecified atom stereocenters. The monoisotopic (exact) mass is 326 g/mol. The highest BCUT2D eigenvalue weighted by Gasteiger charge is 2.24. The van der Waals surface area contributed by atoms with Crippen LogP contribution < -0.4 is 10.2 Å². The van der Waals surface area contributed by atoms with Crippen molar-refractivity contribution in [1.29, 1.82) is 0 Å². The van der Waals surface area contributed by atoms with Gasteiger partial charge < -0.3 is 15.0 Å². The summed E-state index contributed by atoms with van der Waals surface area (Å²) < 4.78 is 7.53. The molecule has 1 N–H and O–H groups in total. The number of rotatable bonds is 4. The largest absolute Gasteiger partial charge is 0.378 e. The van der Waals surface area contributed by atoms with Gasteiger partial charge in [0.05, 0.1) is 18.9 Å². The van der Waals surface area contributed by atoms with E-state index in [0.29, 0.717) is 6.04 Å². The Kier molecular flexibility index (Phi) is 4.29. The highest BCUT2D eigenvalue weighted by atomic mass is 16.5. The fourth-order valence-corrected chi connectivity index (χ4v) is 4.06. The minimum atomic E-state index is 0.457. The van der Waals surface area contributed by atoms with Crippen molar-refractivity contribution in [3.8, 4) is 0 Å². The zero-order valence-corrected chi connectivity index (χ0v) is 14.6. The summed E-state index contributed by atoms with van der Waals surface area (Å²) in [5.41, 5.74) is 5.40. The third-order valence-corrected chi connectivity index (χ3v) is 5.28. The molecule has 2 aromatic rings. The van der Waals surface area contributed by atoms with E-state index in [4.69, 9.17) is 4.74 Å². The first-order valence-electron chi connectivity index (χ1n) is 8.90. The lowest BCUT2D eigenvalue weighted by Crippen LogP contribution is -2.38. The molecule has 4 rings (SSSR count). The molecule has 2 heterocycles. The van der Waals surface area contributed by atoms with Crippen LogP contribution in [0.5, 0.6) is 0 Å². The number of hydrogen-bond acceptors (Lipinski definition) is 4. The van der Waals surface area contributed by atoms with Crippen LogP contribution in [0.3, 0.4) is 0 Å². The normalized spacial score (nSPS) is 20.4. The molecule has 0 amide bonds. The molecule has 5 nitrogen and oxygen atoms in total. The Balaban J connectivity index is 1.53. The van der Waals surface area contributed by atoms with Crippen molar-refractivity contribution in [3.63, 3.8) is 0 Å². The highest BCUT2D eigenvalue weighted by Crippen LogP contribution is 2.32. The van der Waals surface area contributed by atoms with Crippen LogP contribution in [-0.4, -0.2) is 36.1 Å². The Labute approximate surface area is 143 Å². The Morgan fingerprint density at radius 2 is 2.04 bits per heavy atom. The quantitative estimate of drug-likeness (QED) is 0.936. The van der Waals surface area contributed by atoms with Crippen molar-refractivity contribution in [2.45, 2.75) is 32.4 Å². The first-order chi connectivity index (χ1) is 11.7. The van der Waals surface area contributed by atoms with Gasteiger partial charge in [-0.15, -0.1) is 0 Å². The second-order valence-corrected chi connectivity index (χ2v) is 6.78. The molecule has 0 saturated carbocycles. The number of aryl methyl sites for hydroxylation is 3. The van der Waals surface area contributed by atoms with Gasteiger partial charge in [-0.3, -0.25) is 4.68 Å². The summed E-state index contributed by atoms with van der Waals surface area (Å²) in [6.07, 6.45) is 2.36. The maximum atomic E-state index is 5.50. The molecular weight excluding hydrogens is 300 g/mol. The molecule has 24 heavy (non-hydrogen) atoms. The minimum absolute atomic E-state index is 0.457. The number of aromatic nitrogens is 2. The molecule has 128 valence electrons. The summed E-state index contributed by atoms with van der Waals surface area (Å²) in [5, 5.41) is 8.45. The maximum absolute atomic E-state index is 5.50. The van der Waals surface area contributed by atoms with Crippen LogP contribution in [0.2, 0.25) is 0 Å². The predicted molar refractivity (Wildman–Crippen MR) is 95.3 cm³/mol. The molecule has 1 saturated heterocycles. The lowest BCUT2D eigenvalue weighted by Gasteiger charge is -2.30. The van der Waals surface area contributed by atoms with Gasteiger partial charge >= 0.3 is 0 Å². The first-order valence-corrected chi connectivity index (χ1v) is 8.90. The van der Waals surface area contributed by atoms with Crippen LogP contribution in [0.25, 0.3) is 0 Å². The maximum Gasteiger partial charge on any atom is 0.131 e. The van der Waals surface area contributed by atoms with Crippen molar-refractivity contribution in [3.05, 3.63) is 46.6 Å². The Morgan fingerprint density at radius 3 is 2.88 bits per heavy atom. The van der Waals surface area contributed by atoms with E-state index in [1.54, 1.807) is 0 Å². The fourth-order valence-electron chi connectivity index (χ4n) is 4.06. The second-order valence-electron chi connectivity index (χ2n) is 6.78. The first kappa shape index (κ1) is 15.7. The van der Waals surface area contributed by atoms with Crippen molar-refractivity contribution >= 4 is 5.82 Å². The number of hydrogen-bond donors (Lipinski definition) is 1. The average molecular weight is 326 g/mol. The molecular formula is C19H26N4O. The number of morpholine rings is 1. The fraction of sp³-hybridized carbons (Fsp3) is 0.526. The molecule has 1 aromatic carbocycles. The molecule has 1 aliphatic heterocycles. The summed E-state index contributed by atoms with van der Waals surface area (Å²) in [5.74, 6) is 1.24. The van der Waals surface area contributed by atoms with Crippen LogP contribution in [0.15, 0.2) is 24.3 Å². The number of anilines is 1. The minimum Gasteiger partial charge on any atom is -0.378 e. The summed E-state index contributed by atoms with van der Waals surface area (Å²) in [6, 6.07) is 9.26. The van der Waals surface area contributed by atoms with Crippen LogP contribution in [0.4, 0.5) is 5.82 Å². The molecule has 0 spiro atoms. The van der Waals surface area contributed by atoms with Gasteiger partial charge in [0, 0.05) is 38.3 Å². The van der Waals surface area contributed by atoms with E-state index >= 15 is 0 Å². The van der Waals surface area contributed by atoms with Gasteiger partial charge in [0.2, 0.25) is 0 Å². The van der Waals surface area contributed by atoms with Crippen molar-refractivity contribution in [1.82, 2.24) is 15.1 Å². The summed E-state index contributed by atoms with van der Waals surface area (Å²) >= 11 is 0. The van der Waals surface area contributed by atoms with Gasteiger partial charge in [-0.2, -0.15) is 5.10 Å². The zero-order valence-electron chi connectivity index (χ0n) is 14.6. The number of nitrogens with one attached hydrogen (secondary N) is 1. The molecule has 1 aliphatic carbocycles. The van der Waals surface area contributed by atoms with E-state index < -0.39 is 0 Å². The topological polar surface area (TPSA) is 42.3 Å². The smallest absolute Gasteiger partial charge is 0.131 e. The Bertz CT molecular complexity index is 718. The van der Waals surface area contributed by atoms with E-state index in [2.05, 4.69) is 46.5 Å². The van der Waals surface area contributed by atoms with Gasteiger partial charge in [0.1, 0.15) is 5.82 Å². The number of fused-ring (bicyclic) bond motifs is 1. The van der Waals surface area contributed by atoms with Crippen molar-refractivity contribution in [2.75, 3.05) is 31.2 Å². The van der Waals surface area contributed by atoms with Crippen LogP contribution in [0, 0.1) is 6.92 Å². The van der Waals surface area contributed by atoms with Gasteiger partial charge in [-0.05, 0) is 30.9 Å².